The first-order valence-electron chi connectivity index (χ1n) is 10.9. The average molecular weight is 423 g/mol. The summed E-state index contributed by atoms with van der Waals surface area (Å²) in [6.07, 6.45) is 3.34. The van der Waals surface area contributed by atoms with Gasteiger partial charge in [-0.05, 0) is 56.7 Å². The van der Waals surface area contributed by atoms with E-state index in [1.165, 1.54) is 11.3 Å². The lowest BCUT2D eigenvalue weighted by Gasteiger charge is -2.40. The van der Waals surface area contributed by atoms with Crippen LogP contribution in [0.4, 0.5) is 0 Å². The number of carbonyl (C=O) groups is 1. The highest BCUT2D eigenvalue weighted by Crippen LogP contribution is 2.22. The number of carbonyl (C=O) groups excluding carboxylic acids is 1. The molecule has 0 spiro atoms. The minimum Gasteiger partial charge on any atom is -0.332 e. The molecule has 162 valence electrons. The van der Waals surface area contributed by atoms with E-state index in [2.05, 4.69) is 32.6 Å². The van der Waals surface area contributed by atoms with Crippen molar-refractivity contribution in [2.75, 3.05) is 32.7 Å². The van der Waals surface area contributed by atoms with Crippen molar-refractivity contribution in [1.82, 2.24) is 9.21 Å². The van der Waals surface area contributed by atoms with E-state index >= 15 is 0 Å². The van der Waals surface area contributed by atoms with Crippen molar-refractivity contribution < 1.29 is 18.1 Å². The highest BCUT2D eigenvalue weighted by molar-refractivity contribution is 7.89. The van der Waals surface area contributed by atoms with Crippen LogP contribution in [0.5, 0.6) is 0 Å². The van der Waals surface area contributed by atoms with Crippen LogP contribution in [0, 0.1) is 0 Å². The minimum atomic E-state index is -3.47. The molecule has 1 N–H and O–H groups in total. The first-order chi connectivity index (χ1) is 13.7. The smallest absolute Gasteiger partial charge is 0.278 e. The van der Waals surface area contributed by atoms with Crippen LogP contribution in [0.1, 0.15) is 58.4 Å². The maximum atomic E-state index is 13.0. The molecule has 3 rings (SSSR count). The molecule has 0 bridgehead atoms. The van der Waals surface area contributed by atoms with E-state index in [1.54, 1.807) is 16.4 Å². The minimum absolute atomic E-state index is 0.209. The Kier molecular flexibility index (Phi) is 7.02. The Morgan fingerprint density at radius 3 is 2.14 bits per heavy atom. The van der Waals surface area contributed by atoms with Gasteiger partial charge in [0, 0.05) is 12.1 Å². The molecule has 2 fully saturated rings. The van der Waals surface area contributed by atoms with Crippen LogP contribution in [-0.4, -0.2) is 68.3 Å². The summed E-state index contributed by atoms with van der Waals surface area (Å²) in [6.45, 7) is 11.2. The fraction of sp³-hybridized carbons (Fsp3) is 0.682. The van der Waals surface area contributed by atoms with E-state index in [9.17, 15) is 13.2 Å². The number of hydrogen-bond acceptors (Lipinski definition) is 3. The molecule has 1 amide bonds. The van der Waals surface area contributed by atoms with Gasteiger partial charge >= 0.3 is 0 Å². The summed E-state index contributed by atoms with van der Waals surface area (Å²) in [4.78, 5) is 16.4. The second kappa shape index (κ2) is 9.14. The largest absolute Gasteiger partial charge is 0.332 e. The molecule has 29 heavy (non-hydrogen) atoms. The number of quaternary nitrogens is 1. The summed E-state index contributed by atoms with van der Waals surface area (Å²) >= 11 is 0. The number of nitrogens with one attached hydrogen (secondary N) is 1. The standard InChI is InChI=1S/C22H35N3O3S/c1-17(2)20-8-10-21(11-9-20)29(27,28)24-14-12-23(13-15-24)16-22(26)25-18(3)6-5-7-19(25)4/h8-11,17-19H,5-7,12-16H2,1-4H3/p+1/t18-,19-/m1/s1. The third-order valence-electron chi connectivity index (χ3n) is 6.50. The van der Waals surface area contributed by atoms with Crippen molar-refractivity contribution in [2.24, 2.45) is 0 Å². The molecule has 0 aliphatic carbocycles. The zero-order chi connectivity index (χ0) is 21.2. The van der Waals surface area contributed by atoms with Crippen LogP contribution < -0.4 is 4.90 Å². The molecule has 0 radical (unpaired) electrons. The van der Waals surface area contributed by atoms with Crippen molar-refractivity contribution in [3.05, 3.63) is 29.8 Å². The predicted molar refractivity (Wildman–Crippen MR) is 114 cm³/mol. The maximum Gasteiger partial charge on any atom is 0.278 e. The number of nitrogens with zero attached hydrogens (tertiary/aromatic N) is 2. The van der Waals surface area contributed by atoms with Crippen LogP contribution >= 0.6 is 0 Å². The lowest BCUT2D eigenvalue weighted by atomic mass is 9.97. The molecule has 6 nitrogen and oxygen atoms in total. The van der Waals surface area contributed by atoms with Gasteiger partial charge in [-0.3, -0.25) is 4.79 Å². The summed E-state index contributed by atoms with van der Waals surface area (Å²) in [5, 5.41) is 0. The quantitative estimate of drug-likeness (QED) is 0.782. The van der Waals surface area contributed by atoms with Crippen molar-refractivity contribution >= 4 is 15.9 Å². The van der Waals surface area contributed by atoms with Gasteiger partial charge in [-0.1, -0.05) is 26.0 Å². The molecular formula is C22H36N3O3S+. The van der Waals surface area contributed by atoms with Crippen LogP contribution in [0.2, 0.25) is 0 Å². The molecule has 1 aromatic carbocycles. The number of piperazine rings is 1. The normalized spacial score (nSPS) is 24.8. The van der Waals surface area contributed by atoms with Gasteiger partial charge in [0.15, 0.2) is 6.54 Å². The van der Waals surface area contributed by atoms with Gasteiger partial charge in [-0.2, -0.15) is 4.31 Å². The molecule has 0 saturated carbocycles. The highest BCUT2D eigenvalue weighted by Gasteiger charge is 2.34. The fourth-order valence-corrected chi connectivity index (χ4v) is 6.05. The summed E-state index contributed by atoms with van der Waals surface area (Å²) in [5.41, 5.74) is 1.14. The lowest BCUT2D eigenvalue weighted by Crippen LogP contribution is -3.15. The first-order valence-corrected chi connectivity index (χ1v) is 12.4. The first kappa shape index (κ1) is 22.2. The molecule has 1 aromatic rings. The third-order valence-corrected chi connectivity index (χ3v) is 8.41. The maximum absolute atomic E-state index is 13.0. The summed E-state index contributed by atoms with van der Waals surface area (Å²) in [5.74, 6) is 0.585. The Labute approximate surface area is 175 Å². The monoisotopic (exact) mass is 422 g/mol. The average Bonchev–Trinajstić information content (AvgIpc) is 2.68. The lowest BCUT2D eigenvalue weighted by molar-refractivity contribution is -0.896. The predicted octanol–water partition coefficient (Wildman–Crippen LogP) is 1.49. The zero-order valence-corrected chi connectivity index (χ0v) is 19.0. The Balaban J connectivity index is 1.57. The SMILES string of the molecule is CC(C)c1ccc(S(=O)(=O)N2CC[NH+](CC(=O)N3[C@H](C)CCC[C@H]3C)CC2)cc1. The number of sulfonamides is 1. The number of benzene rings is 1. The van der Waals surface area contributed by atoms with Crippen molar-refractivity contribution in [1.29, 1.82) is 0 Å². The van der Waals surface area contributed by atoms with E-state index in [0.717, 1.165) is 18.4 Å². The van der Waals surface area contributed by atoms with E-state index in [-0.39, 0.29) is 5.91 Å². The Morgan fingerprint density at radius 1 is 1.07 bits per heavy atom. The molecule has 2 aliphatic rings. The molecular weight excluding hydrogens is 386 g/mol. The van der Waals surface area contributed by atoms with E-state index in [0.29, 0.717) is 55.6 Å². The van der Waals surface area contributed by atoms with Crippen LogP contribution in [0.3, 0.4) is 0 Å². The molecule has 0 unspecified atom stereocenters. The third kappa shape index (κ3) is 5.01. The van der Waals surface area contributed by atoms with Crippen LogP contribution in [0.25, 0.3) is 0 Å². The van der Waals surface area contributed by atoms with Crippen LogP contribution in [-0.2, 0) is 14.8 Å². The number of rotatable bonds is 5. The summed E-state index contributed by atoms with van der Waals surface area (Å²) in [7, 11) is -3.47. The Hall–Kier alpha value is -1.44. The molecule has 0 aromatic heterocycles. The van der Waals surface area contributed by atoms with Crippen molar-refractivity contribution in [2.45, 2.75) is 69.9 Å². The topological polar surface area (TPSA) is 62.1 Å². The molecule has 2 saturated heterocycles. The van der Waals surface area contributed by atoms with Crippen molar-refractivity contribution in [3.63, 3.8) is 0 Å². The number of piperidine rings is 1. The molecule has 7 heteroatoms. The second-order valence-electron chi connectivity index (χ2n) is 8.98. The van der Waals surface area contributed by atoms with Gasteiger partial charge in [0.25, 0.3) is 5.91 Å². The second-order valence-corrected chi connectivity index (χ2v) is 10.9. The van der Waals surface area contributed by atoms with Crippen LogP contribution in [0.15, 0.2) is 29.2 Å². The van der Waals surface area contributed by atoms with Gasteiger partial charge in [0.05, 0.1) is 31.1 Å². The van der Waals surface area contributed by atoms with Gasteiger partial charge in [0.2, 0.25) is 10.0 Å². The summed E-state index contributed by atoms with van der Waals surface area (Å²) in [6, 6.07) is 7.85. The van der Waals surface area contributed by atoms with E-state index in [1.807, 2.05) is 12.1 Å². The van der Waals surface area contributed by atoms with Gasteiger partial charge in [0.1, 0.15) is 0 Å². The number of likely N-dealkylation sites (tertiary alicyclic amines) is 1. The number of amides is 1. The van der Waals surface area contributed by atoms with E-state index < -0.39 is 10.0 Å². The van der Waals surface area contributed by atoms with Gasteiger partial charge in [-0.15, -0.1) is 0 Å². The highest BCUT2D eigenvalue weighted by atomic mass is 32.2. The summed E-state index contributed by atoms with van der Waals surface area (Å²) < 4.78 is 27.5. The van der Waals surface area contributed by atoms with E-state index in [4.69, 9.17) is 0 Å². The molecule has 2 atom stereocenters. The van der Waals surface area contributed by atoms with Gasteiger partial charge < -0.3 is 9.80 Å². The number of hydrogen-bond donors (Lipinski definition) is 1. The Morgan fingerprint density at radius 2 is 1.62 bits per heavy atom. The molecule has 2 heterocycles. The Bertz CT molecular complexity index is 789. The van der Waals surface area contributed by atoms with Crippen molar-refractivity contribution in [3.8, 4) is 0 Å². The van der Waals surface area contributed by atoms with Gasteiger partial charge in [-0.25, -0.2) is 8.42 Å². The molecule has 2 aliphatic heterocycles. The zero-order valence-electron chi connectivity index (χ0n) is 18.2. The fourth-order valence-electron chi connectivity index (χ4n) is 4.61.